The number of nitrogens with two attached hydrogens (primary N) is 1. The van der Waals surface area contributed by atoms with Crippen molar-refractivity contribution >= 4 is 5.91 Å². The SMILES string of the molecule is CC[C@@H](N)c1ccc(OCC(=O)NCC2CC2)cc1. The lowest BCUT2D eigenvalue weighted by Gasteiger charge is -2.11. The van der Waals surface area contributed by atoms with Crippen LogP contribution in [0.15, 0.2) is 24.3 Å². The van der Waals surface area contributed by atoms with E-state index in [0.717, 1.165) is 18.5 Å². The summed E-state index contributed by atoms with van der Waals surface area (Å²) >= 11 is 0. The number of carbonyl (C=O) groups excluding carboxylic acids is 1. The highest BCUT2D eigenvalue weighted by atomic mass is 16.5. The maximum Gasteiger partial charge on any atom is 0.257 e. The van der Waals surface area contributed by atoms with Gasteiger partial charge in [-0.25, -0.2) is 0 Å². The molecule has 1 aromatic carbocycles. The van der Waals surface area contributed by atoms with Crippen LogP contribution in [0.1, 0.15) is 37.8 Å². The Labute approximate surface area is 114 Å². The third-order valence-corrected chi connectivity index (χ3v) is 3.40. The lowest BCUT2D eigenvalue weighted by molar-refractivity contribution is -0.123. The molecule has 0 spiro atoms. The monoisotopic (exact) mass is 262 g/mol. The Bertz CT molecular complexity index is 413. The molecule has 4 heteroatoms. The van der Waals surface area contributed by atoms with Gasteiger partial charge >= 0.3 is 0 Å². The van der Waals surface area contributed by atoms with Crippen LogP contribution >= 0.6 is 0 Å². The van der Waals surface area contributed by atoms with E-state index in [2.05, 4.69) is 12.2 Å². The molecular formula is C15H22N2O2. The molecule has 19 heavy (non-hydrogen) atoms. The fraction of sp³-hybridized carbons (Fsp3) is 0.533. The molecule has 1 aliphatic rings. The van der Waals surface area contributed by atoms with Gasteiger partial charge < -0.3 is 15.8 Å². The lowest BCUT2D eigenvalue weighted by Crippen LogP contribution is -2.30. The topological polar surface area (TPSA) is 64.3 Å². The molecule has 0 saturated heterocycles. The van der Waals surface area contributed by atoms with Gasteiger partial charge in [0.2, 0.25) is 0 Å². The average molecular weight is 262 g/mol. The van der Waals surface area contributed by atoms with Crippen LogP contribution in [0.4, 0.5) is 0 Å². The fourth-order valence-corrected chi connectivity index (χ4v) is 1.83. The molecule has 0 bridgehead atoms. The molecule has 1 fully saturated rings. The van der Waals surface area contributed by atoms with Crippen molar-refractivity contribution in [2.75, 3.05) is 13.2 Å². The Hall–Kier alpha value is -1.55. The highest BCUT2D eigenvalue weighted by Crippen LogP contribution is 2.27. The van der Waals surface area contributed by atoms with Gasteiger partial charge in [0.05, 0.1) is 0 Å². The van der Waals surface area contributed by atoms with Crippen molar-refractivity contribution < 1.29 is 9.53 Å². The number of hydrogen-bond donors (Lipinski definition) is 2. The molecule has 0 aliphatic heterocycles. The van der Waals surface area contributed by atoms with Gasteiger partial charge in [0.1, 0.15) is 5.75 Å². The number of amides is 1. The van der Waals surface area contributed by atoms with E-state index in [4.69, 9.17) is 10.5 Å². The minimum Gasteiger partial charge on any atom is -0.484 e. The Morgan fingerprint density at radius 2 is 2.11 bits per heavy atom. The number of benzene rings is 1. The number of hydrogen-bond acceptors (Lipinski definition) is 3. The zero-order valence-corrected chi connectivity index (χ0v) is 11.4. The highest BCUT2D eigenvalue weighted by Gasteiger charge is 2.21. The van der Waals surface area contributed by atoms with Gasteiger partial charge in [0.25, 0.3) is 5.91 Å². The Morgan fingerprint density at radius 3 is 2.68 bits per heavy atom. The number of carbonyl (C=O) groups is 1. The summed E-state index contributed by atoms with van der Waals surface area (Å²) in [6.07, 6.45) is 3.38. The molecule has 0 unspecified atom stereocenters. The van der Waals surface area contributed by atoms with Gasteiger partial charge in [-0.1, -0.05) is 19.1 Å². The van der Waals surface area contributed by atoms with Gasteiger partial charge in [-0.15, -0.1) is 0 Å². The molecule has 1 amide bonds. The third kappa shape index (κ3) is 4.56. The molecule has 1 atom stereocenters. The van der Waals surface area contributed by atoms with Crippen LogP contribution in [-0.2, 0) is 4.79 Å². The molecular weight excluding hydrogens is 240 g/mol. The van der Waals surface area contributed by atoms with E-state index in [-0.39, 0.29) is 18.6 Å². The largest absolute Gasteiger partial charge is 0.484 e. The summed E-state index contributed by atoms with van der Waals surface area (Å²) < 4.78 is 5.44. The summed E-state index contributed by atoms with van der Waals surface area (Å²) in [6, 6.07) is 7.69. The summed E-state index contributed by atoms with van der Waals surface area (Å²) in [4.78, 5) is 11.5. The van der Waals surface area contributed by atoms with E-state index in [1.54, 1.807) is 0 Å². The Kier molecular flexibility index (Phi) is 4.80. The van der Waals surface area contributed by atoms with Crippen molar-refractivity contribution in [1.29, 1.82) is 0 Å². The van der Waals surface area contributed by atoms with Crippen LogP contribution in [0, 0.1) is 5.92 Å². The predicted molar refractivity (Wildman–Crippen MR) is 74.9 cm³/mol. The molecule has 104 valence electrons. The van der Waals surface area contributed by atoms with Crippen LogP contribution in [0.5, 0.6) is 5.75 Å². The first-order valence-corrected chi connectivity index (χ1v) is 6.94. The van der Waals surface area contributed by atoms with E-state index in [1.807, 2.05) is 24.3 Å². The first-order chi connectivity index (χ1) is 9.19. The molecule has 3 N–H and O–H groups in total. The molecule has 1 aromatic rings. The fourth-order valence-electron chi connectivity index (χ4n) is 1.83. The zero-order chi connectivity index (χ0) is 13.7. The van der Waals surface area contributed by atoms with E-state index in [0.29, 0.717) is 11.7 Å². The first kappa shape index (κ1) is 13.9. The Balaban J connectivity index is 1.74. The van der Waals surface area contributed by atoms with Crippen molar-refractivity contribution in [2.24, 2.45) is 11.7 Å². The first-order valence-electron chi connectivity index (χ1n) is 6.94. The van der Waals surface area contributed by atoms with Crippen molar-refractivity contribution in [1.82, 2.24) is 5.32 Å². The van der Waals surface area contributed by atoms with E-state index in [9.17, 15) is 4.79 Å². The maximum absolute atomic E-state index is 11.5. The van der Waals surface area contributed by atoms with Gasteiger partial charge in [-0.3, -0.25) is 4.79 Å². The quantitative estimate of drug-likeness (QED) is 0.790. The molecule has 1 aliphatic carbocycles. The van der Waals surface area contributed by atoms with Crippen LogP contribution in [0.2, 0.25) is 0 Å². The molecule has 2 rings (SSSR count). The van der Waals surface area contributed by atoms with E-state index >= 15 is 0 Å². The summed E-state index contributed by atoms with van der Waals surface area (Å²) in [5.74, 6) is 1.34. The van der Waals surface area contributed by atoms with Crippen LogP contribution in [0.25, 0.3) is 0 Å². The second kappa shape index (κ2) is 6.57. The molecule has 0 aromatic heterocycles. The molecule has 0 heterocycles. The molecule has 4 nitrogen and oxygen atoms in total. The second-order valence-electron chi connectivity index (χ2n) is 5.12. The molecule has 0 radical (unpaired) electrons. The van der Waals surface area contributed by atoms with Gasteiger partial charge in [-0.05, 0) is 42.9 Å². The van der Waals surface area contributed by atoms with Gasteiger partial charge in [0, 0.05) is 12.6 Å². The predicted octanol–water partition coefficient (Wildman–Crippen LogP) is 2.00. The zero-order valence-electron chi connectivity index (χ0n) is 11.4. The maximum atomic E-state index is 11.5. The van der Waals surface area contributed by atoms with E-state index < -0.39 is 0 Å². The second-order valence-corrected chi connectivity index (χ2v) is 5.12. The number of ether oxygens (including phenoxy) is 1. The summed E-state index contributed by atoms with van der Waals surface area (Å²) in [5, 5.41) is 2.87. The van der Waals surface area contributed by atoms with Crippen molar-refractivity contribution in [3.05, 3.63) is 29.8 Å². The van der Waals surface area contributed by atoms with Crippen molar-refractivity contribution in [3.63, 3.8) is 0 Å². The summed E-state index contributed by atoms with van der Waals surface area (Å²) in [7, 11) is 0. The Morgan fingerprint density at radius 1 is 1.42 bits per heavy atom. The lowest BCUT2D eigenvalue weighted by atomic mass is 10.1. The number of rotatable bonds is 7. The number of nitrogens with one attached hydrogen (secondary N) is 1. The standard InChI is InChI=1S/C15H22N2O2/c1-2-14(16)12-5-7-13(8-6-12)19-10-15(18)17-9-11-3-4-11/h5-8,11,14H,2-4,9-10,16H2,1H3,(H,17,18)/t14-/m1/s1. The normalized spacial score (nSPS) is 15.9. The van der Waals surface area contributed by atoms with Gasteiger partial charge in [0.15, 0.2) is 6.61 Å². The minimum absolute atomic E-state index is 0.0544. The van der Waals surface area contributed by atoms with Crippen molar-refractivity contribution in [3.8, 4) is 5.75 Å². The van der Waals surface area contributed by atoms with E-state index in [1.165, 1.54) is 12.8 Å². The molecule has 1 saturated carbocycles. The van der Waals surface area contributed by atoms with Crippen LogP contribution < -0.4 is 15.8 Å². The van der Waals surface area contributed by atoms with Crippen LogP contribution in [0.3, 0.4) is 0 Å². The van der Waals surface area contributed by atoms with Crippen molar-refractivity contribution in [2.45, 2.75) is 32.2 Å². The third-order valence-electron chi connectivity index (χ3n) is 3.40. The summed E-state index contributed by atoms with van der Waals surface area (Å²) in [6.45, 7) is 2.91. The van der Waals surface area contributed by atoms with Gasteiger partial charge in [-0.2, -0.15) is 0 Å². The summed E-state index contributed by atoms with van der Waals surface area (Å²) in [5.41, 5.74) is 7.03. The van der Waals surface area contributed by atoms with Crippen LogP contribution in [-0.4, -0.2) is 19.1 Å². The highest BCUT2D eigenvalue weighted by molar-refractivity contribution is 5.77. The minimum atomic E-state index is -0.0544. The smallest absolute Gasteiger partial charge is 0.257 e. The average Bonchev–Trinajstić information content (AvgIpc) is 3.26.